The Morgan fingerprint density at radius 1 is 1.07 bits per heavy atom. The van der Waals surface area contributed by atoms with Crippen molar-refractivity contribution in [1.29, 1.82) is 0 Å². The number of halogens is 1. The number of carbonyl (C=O) groups is 1. The summed E-state index contributed by atoms with van der Waals surface area (Å²) in [6.07, 6.45) is 2.86. The van der Waals surface area contributed by atoms with Gasteiger partial charge in [-0.2, -0.15) is 0 Å². The molecule has 1 amide bonds. The first kappa shape index (κ1) is 18.9. The molecule has 1 heterocycles. The zero-order chi connectivity index (χ0) is 19.2. The van der Waals surface area contributed by atoms with Gasteiger partial charge in [-0.25, -0.2) is 4.39 Å². The molecule has 0 spiro atoms. The van der Waals surface area contributed by atoms with Crippen LogP contribution in [-0.2, 0) is 13.1 Å². The SMILES string of the molecule is CCCN(Cc1cccn1Cc1cccc(F)c1)C(=O)c1ccc(C)cc1. The minimum Gasteiger partial charge on any atom is -0.345 e. The molecule has 0 unspecified atom stereocenters. The molecular formula is C23H25FN2O. The fraction of sp³-hybridized carbons (Fsp3) is 0.261. The van der Waals surface area contributed by atoms with Gasteiger partial charge in [0.1, 0.15) is 5.82 Å². The van der Waals surface area contributed by atoms with Crippen LogP contribution in [0.3, 0.4) is 0 Å². The number of amides is 1. The molecule has 4 heteroatoms. The van der Waals surface area contributed by atoms with Crippen LogP contribution in [0.4, 0.5) is 4.39 Å². The number of benzene rings is 2. The van der Waals surface area contributed by atoms with Crippen molar-refractivity contribution >= 4 is 5.91 Å². The molecule has 3 aromatic rings. The Morgan fingerprint density at radius 3 is 2.56 bits per heavy atom. The zero-order valence-corrected chi connectivity index (χ0v) is 15.9. The van der Waals surface area contributed by atoms with Crippen LogP contribution < -0.4 is 0 Å². The smallest absolute Gasteiger partial charge is 0.254 e. The second-order valence-electron chi connectivity index (χ2n) is 6.85. The lowest BCUT2D eigenvalue weighted by atomic mass is 10.1. The van der Waals surface area contributed by atoms with Gasteiger partial charge in [0, 0.05) is 30.5 Å². The van der Waals surface area contributed by atoms with Crippen LogP contribution in [0.1, 0.15) is 40.5 Å². The van der Waals surface area contributed by atoms with Crippen molar-refractivity contribution in [1.82, 2.24) is 9.47 Å². The Bertz CT molecular complexity index is 899. The Kier molecular flexibility index (Phi) is 6.07. The Labute approximate surface area is 160 Å². The fourth-order valence-electron chi connectivity index (χ4n) is 3.18. The van der Waals surface area contributed by atoms with E-state index in [-0.39, 0.29) is 11.7 Å². The van der Waals surface area contributed by atoms with E-state index in [1.807, 2.05) is 60.5 Å². The summed E-state index contributed by atoms with van der Waals surface area (Å²) in [7, 11) is 0. The van der Waals surface area contributed by atoms with Crippen molar-refractivity contribution in [2.24, 2.45) is 0 Å². The normalized spacial score (nSPS) is 10.8. The van der Waals surface area contributed by atoms with Gasteiger partial charge in [0.2, 0.25) is 0 Å². The number of rotatable bonds is 7. The molecule has 0 radical (unpaired) electrons. The molecular weight excluding hydrogens is 339 g/mol. The first-order chi connectivity index (χ1) is 13.1. The maximum absolute atomic E-state index is 13.5. The van der Waals surface area contributed by atoms with E-state index in [1.165, 1.54) is 6.07 Å². The van der Waals surface area contributed by atoms with Crippen LogP contribution in [-0.4, -0.2) is 21.9 Å². The molecule has 0 aliphatic heterocycles. The Hall–Kier alpha value is -2.88. The molecule has 0 saturated heterocycles. The van der Waals surface area contributed by atoms with E-state index in [1.54, 1.807) is 12.1 Å². The highest BCUT2D eigenvalue weighted by molar-refractivity contribution is 5.94. The van der Waals surface area contributed by atoms with E-state index in [2.05, 4.69) is 11.5 Å². The number of carbonyl (C=O) groups excluding carboxylic acids is 1. The number of aryl methyl sites for hydroxylation is 1. The first-order valence-corrected chi connectivity index (χ1v) is 9.31. The minimum atomic E-state index is -0.233. The predicted octanol–water partition coefficient (Wildman–Crippen LogP) is 5.04. The predicted molar refractivity (Wildman–Crippen MR) is 106 cm³/mol. The van der Waals surface area contributed by atoms with Crippen molar-refractivity contribution in [3.63, 3.8) is 0 Å². The van der Waals surface area contributed by atoms with Gasteiger partial charge in [-0.3, -0.25) is 4.79 Å². The van der Waals surface area contributed by atoms with E-state index in [4.69, 9.17) is 0 Å². The molecule has 0 aliphatic rings. The Balaban J connectivity index is 1.78. The van der Waals surface area contributed by atoms with Gasteiger partial charge in [-0.05, 0) is 55.3 Å². The molecule has 140 valence electrons. The molecule has 3 rings (SSSR count). The monoisotopic (exact) mass is 364 g/mol. The van der Waals surface area contributed by atoms with Gasteiger partial charge in [0.15, 0.2) is 0 Å². The lowest BCUT2D eigenvalue weighted by Gasteiger charge is -2.23. The lowest BCUT2D eigenvalue weighted by Crippen LogP contribution is -2.32. The fourth-order valence-corrected chi connectivity index (χ4v) is 3.18. The summed E-state index contributed by atoms with van der Waals surface area (Å²) in [6, 6.07) is 18.3. The lowest BCUT2D eigenvalue weighted by molar-refractivity contribution is 0.0739. The maximum atomic E-state index is 13.5. The highest BCUT2D eigenvalue weighted by Gasteiger charge is 2.17. The van der Waals surface area contributed by atoms with Crippen molar-refractivity contribution in [2.45, 2.75) is 33.4 Å². The third-order valence-corrected chi connectivity index (χ3v) is 4.60. The third-order valence-electron chi connectivity index (χ3n) is 4.60. The van der Waals surface area contributed by atoms with E-state index in [9.17, 15) is 9.18 Å². The summed E-state index contributed by atoms with van der Waals surface area (Å²) in [5, 5.41) is 0. The second kappa shape index (κ2) is 8.67. The topological polar surface area (TPSA) is 25.2 Å². The maximum Gasteiger partial charge on any atom is 0.254 e. The Morgan fingerprint density at radius 2 is 1.85 bits per heavy atom. The van der Waals surface area contributed by atoms with E-state index in [0.717, 1.165) is 23.2 Å². The summed E-state index contributed by atoms with van der Waals surface area (Å²) >= 11 is 0. The summed E-state index contributed by atoms with van der Waals surface area (Å²) in [6.45, 7) is 5.89. The summed E-state index contributed by atoms with van der Waals surface area (Å²) in [4.78, 5) is 14.8. The van der Waals surface area contributed by atoms with Gasteiger partial charge in [0.25, 0.3) is 5.91 Å². The van der Waals surface area contributed by atoms with Crippen molar-refractivity contribution < 1.29 is 9.18 Å². The van der Waals surface area contributed by atoms with E-state index in [0.29, 0.717) is 25.2 Å². The molecule has 0 bridgehead atoms. The molecule has 0 aliphatic carbocycles. The molecule has 27 heavy (non-hydrogen) atoms. The quantitative estimate of drug-likeness (QED) is 0.577. The van der Waals surface area contributed by atoms with Gasteiger partial charge in [-0.1, -0.05) is 36.8 Å². The third kappa shape index (κ3) is 4.85. The van der Waals surface area contributed by atoms with Crippen molar-refractivity contribution in [3.8, 4) is 0 Å². The zero-order valence-electron chi connectivity index (χ0n) is 15.9. The molecule has 0 N–H and O–H groups in total. The standard InChI is InChI=1S/C23H25FN2O/c1-3-13-26(23(27)20-11-9-18(2)10-12-20)17-22-8-5-14-25(22)16-19-6-4-7-21(24)15-19/h4-12,14-15H,3,13,16-17H2,1-2H3. The molecule has 3 nitrogen and oxygen atoms in total. The molecule has 2 aromatic carbocycles. The average molecular weight is 364 g/mol. The van der Waals surface area contributed by atoms with E-state index >= 15 is 0 Å². The molecule has 0 saturated carbocycles. The number of hydrogen-bond acceptors (Lipinski definition) is 1. The molecule has 0 fully saturated rings. The average Bonchev–Trinajstić information content (AvgIpc) is 3.08. The number of hydrogen-bond donors (Lipinski definition) is 0. The highest BCUT2D eigenvalue weighted by atomic mass is 19.1. The molecule has 0 atom stereocenters. The van der Waals surface area contributed by atoms with Gasteiger partial charge in [0.05, 0.1) is 6.54 Å². The van der Waals surface area contributed by atoms with Crippen molar-refractivity contribution in [2.75, 3.05) is 6.54 Å². The van der Waals surface area contributed by atoms with E-state index < -0.39 is 0 Å². The minimum absolute atomic E-state index is 0.0374. The van der Waals surface area contributed by atoms with Crippen LogP contribution in [0.15, 0.2) is 66.9 Å². The van der Waals surface area contributed by atoms with Crippen LogP contribution in [0.2, 0.25) is 0 Å². The van der Waals surface area contributed by atoms with Gasteiger partial charge < -0.3 is 9.47 Å². The summed E-state index contributed by atoms with van der Waals surface area (Å²) < 4.78 is 15.5. The van der Waals surface area contributed by atoms with Crippen LogP contribution >= 0.6 is 0 Å². The van der Waals surface area contributed by atoms with Gasteiger partial charge in [-0.15, -0.1) is 0 Å². The summed E-state index contributed by atoms with van der Waals surface area (Å²) in [5.41, 5.74) is 3.78. The van der Waals surface area contributed by atoms with Gasteiger partial charge >= 0.3 is 0 Å². The van der Waals surface area contributed by atoms with Crippen molar-refractivity contribution in [3.05, 3.63) is 95.1 Å². The van der Waals surface area contributed by atoms with Crippen LogP contribution in [0.5, 0.6) is 0 Å². The first-order valence-electron chi connectivity index (χ1n) is 9.31. The molecule has 1 aromatic heterocycles. The van der Waals surface area contributed by atoms with Crippen LogP contribution in [0, 0.1) is 12.7 Å². The summed E-state index contributed by atoms with van der Waals surface area (Å²) in [5.74, 6) is -0.196. The van der Waals surface area contributed by atoms with Crippen LogP contribution in [0.25, 0.3) is 0 Å². The largest absolute Gasteiger partial charge is 0.345 e. The number of nitrogens with zero attached hydrogens (tertiary/aromatic N) is 2. The number of aromatic nitrogens is 1. The highest BCUT2D eigenvalue weighted by Crippen LogP contribution is 2.15. The second-order valence-corrected chi connectivity index (χ2v) is 6.85.